The van der Waals surface area contributed by atoms with Crippen LogP contribution in [0.1, 0.15) is 12.8 Å². The van der Waals surface area contributed by atoms with Gasteiger partial charge in [-0.25, -0.2) is 9.69 Å². The van der Waals surface area contributed by atoms with Gasteiger partial charge in [0.25, 0.3) is 5.91 Å². The maximum Gasteiger partial charge on any atom is 0.332 e. The minimum Gasteiger partial charge on any atom is -0.341 e. The first kappa shape index (κ1) is 19.8. The van der Waals surface area contributed by atoms with Crippen molar-refractivity contribution in [1.82, 2.24) is 14.7 Å². The predicted molar refractivity (Wildman–Crippen MR) is 112 cm³/mol. The zero-order valence-corrected chi connectivity index (χ0v) is 17.3. The van der Waals surface area contributed by atoms with Gasteiger partial charge >= 0.3 is 6.03 Å². The van der Waals surface area contributed by atoms with Crippen LogP contribution < -0.4 is 4.90 Å². The summed E-state index contributed by atoms with van der Waals surface area (Å²) in [6.45, 7) is 0.988. The smallest absolute Gasteiger partial charge is 0.332 e. The number of carbonyl (C=O) groups excluding carboxylic acids is 4. The fourth-order valence-electron chi connectivity index (χ4n) is 3.83. The van der Waals surface area contributed by atoms with Crippen LogP contribution in [-0.2, 0) is 14.4 Å². The van der Waals surface area contributed by atoms with E-state index in [0.29, 0.717) is 35.9 Å². The molecule has 0 unspecified atom stereocenters. The Morgan fingerprint density at radius 1 is 1.07 bits per heavy atom. The van der Waals surface area contributed by atoms with Gasteiger partial charge in [0.05, 0.1) is 11.4 Å². The van der Waals surface area contributed by atoms with E-state index in [0.717, 1.165) is 0 Å². The molecule has 29 heavy (non-hydrogen) atoms. The second-order valence-electron chi connectivity index (χ2n) is 7.12. The average molecular weight is 433 g/mol. The Hall–Kier alpha value is -2.46. The van der Waals surface area contributed by atoms with E-state index in [4.69, 9.17) is 12.2 Å². The largest absolute Gasteiger partial charge is 0.341 e. The number of hydrogen-bond acceptors (Lipinski definition) is 6. The van der Waals surface area contributed by atoms with Gasteiger partial charge in [-0.05, 0) is 25.0 Å². The maximum atomic E-state index is 12.8. The molecule has 152 valence electrons. The van der Waals surface area contributed by atoms with Crippen molar-refractivity contribution in [1.29, 1.82) is 0 Å². The first-order chi connectivity index (χ1) is 14.0. The highest BCUT2D eigenvalue weighted by Crippen LogP contribution is 2.26. The number of rotatable bonds is 4. The highest BCUT2D eigenvalue weighted by atomic mass is 32.2. The number of imide groups is 1. The lowest BCUT2D eigenvalue weighted by Gasteiger charge is -2.36. The highest BCUT2D eigenvalue weighted by molar-refractivity contribution is 8.23. The molecule has 0 spiro atoms. The normalized spacial score (nSPS) is 21.0. The first-order valence-electron chi connectivity index (χ1n) is 9.39. The summed E-state index contributed by atoms with van der Waals surface area (Å²) < 4.78 is 0.445. The molecule has 1 aromatic carbocycles. The van der Waals surface area contributed by atoms with Crippen molar-refractivity contribution in [2.75, 3.05) is 36.8 Å². The standard InChI is InChI=1S/C19H20N4O4S2/c24-15(10-22-17(26)12-29-19(22)28)20-8-6-13(7-9-20)21-11-16(25)23(18(21)27)14-4-2-1-3-5-14/h1-5,13H,6-12H2. The monoisotopic (exact) mass is 432 g/mol. The van der Waals surface area contributed by atoms with E-state index >= 15 is 0 Å². The summed E-state index contributed by atoms with van der Waals surface area (Å²) in [7, 11) is 0. The SMILES string of the molecule is O=C(CN1C(=O)CSC1=S)N1CCC(N2CC(=O)N(c3ccccc3)C2=O)CC1. The third kappa shape index (κ3) is 3.86. The number of thiocarbonyl (C=S) groups is 1. The van der Waals surface area contributed by atoms with Crippen molar-refractivity contribution >= 4 is 57.7 Å². The number of anilines is 1. The molecule has 8 nitrogen and oxygen atoms in total. The van der Waals surface area contributed by atoms with Gasteiger partial charge in [0, 0.05) is 19.1 Å². The Bertz CT molecular complexity index is 854. The Labute approximate surface area is 177 Å². The number of likely N-dealkylation sites (tertiary alicyclic amines) is 1. The predicted octanol–water partition coefficient (Wildman–Crippen LogP) is 1.31. The zero-order valence-electron chi connectivity index (χ0n) is 15.7. The summed E-state index contributed by atoms with van der Waals surface area (Å²) in [6.07, 6.45) is 1.20. The molecule has 0 aliphatic carbocycles. The molecule has 3 aliphatic heterocycles. The lowest BCUT2D eigenvalue weighted by atomic mass is 10.0. The van der Waals surface area contributed by atoms with Crippen molar-refractivity contribution in [2.45, 2.75) is 18.9 Å². The summed E-state index contributed by atoms with van der Waals surface area (Å²) >= 11 is 6.39. The Morgan fingerprint density at radius 2 is 1.76 bits per heavy atom. The first-order valence-corrected chi connectivity index (χ1v) is 10.8. The second-order valence-corrected chi connectivity index (χ2v) is 8.73. The molecule has 10 heteroatoms. The van der Waals surface area contributed by atoms with Gasteiger partial charge < -0.3 is 9.80 Å². The van der Waals surface area contributed by atoms with Crippen LogP contribution in [0.15, 0.2) is 30.3 Å². The number of thioether (sulfide) groups is 1. The molecule has 0 radical (unpaired) electrons. The molecule has 3 saturated heterocycles. The molecular weight excluding hydrogens is 412 g/mol. The third-order valence-electron chi connectivity index (χ3n) is 5.40. The van der Waals surface area contributed by atoms with Crippen LogP contribution in [0.2, 0.25) is 0 Å². The molecule has 3 heterocycles. The number of benzene rings is 1. The fraction of sp³-hybridized carbons (Fsp3) is 0.421. The number of piperidine rings is 1. The van der Waals surface area contributed by atoms with E-state index in [1.807, 2.05) is 6.07 Å². The van der Waals surface area contributed by atoms with Gasteiger partial charge in [-0.3, -0.25) is 19.3 Å². The topological polar surface area (TPSA) is 81.2 Å². The summed E-state index contributed by atoms with van der Waals surface area (Å²) in [5.74, 6) is -0.225. The van der Waals surface area contributed by atoms with Gasteiger partial charge in [-0.1, -0.05) is 42.2 Å². The highest BCUT2D eigenvalue weighted by Gasteiger charge is 2.42. The van der Waals surface area contributed by atoms with Crippen molar-refractivity contribution in [3.05, 3.63) is 30.3 Å². The summed E-state index contributed by atoms with van der Waals surface area (Å²) in [5.41, 5.74) is 0.571. The minimum absolute atomic E-state index is 0.0295. The molecular formula is C19H20N4O4S2. The second kappa shape index (κ2) is 8.11. The van der Waals surface area contributed by atoms with Crippen LogP contribution in [0.5, 0.6) is 0 Å². The Kier molecular flexibility index (Phi) is 5.55. The molecule has 0 saturated carbocycles. The molecule has 3 aliphatic rings. The van der Waals surface area contributed by atoms with Crippen molar-refractivity contribution in [2.24, 2.45) is 0 Å². The van der Waals surface area contributed by atoms with Gasteiger partial charge in [0.1, 0.15) is 17.4 Å². The fourth-order valence-corrected chi connectivity index (χ4v) is 4.90. The van der Waals surface area contributed by atoms with E-state index < -0.39 is 0 Å². The van der Waals surface area contributed by atoms with E-state index in [9.17, 15) is 19.2 Å². The van der Waals surface area contributed by atoms with Gasteiger partial charge in [0.15, 0.2) is 0 Å². The molecule has 5 amide bonds. The Morgan fingerprint density at radius 3 is 2.38 bits per heavy atom. The van der Waals surface area contributed by atoms with Gasteiger partial charge in [-0.2, -0.15) is 0 Å². The van der Waals surface area contributed by atoms with E-state index in [2.05, 4.69) is 0 Å². The van der Waals surface area contributed by atoms with Crippen molar-refractivity contribution in [3.8, 4) is 0 Å². The number of para-hydroxylation sites is 1. The summed E-state index contributed by atoms with van der Waals surface area (Å²) in [4.78, 5) is 55.5. The lowest BCUT2D eigenvalue weighted by molar-refractivity contribution is -0.137. The number of carbonyl (C=O) groups is 4. The molecule has 0 bridgehead atoms. The summed E-state index contributed by atoms with van der Waals surface area (Å²) in [5, 5.41) is 0. The van der Waals surface area contributed by atoms with Gasteiger partial charge in [-0.15, -0.1) is 0 Å². The number of nitrogens with zero attached hydrogens (tertiary/aromatic N) is 4. The number of amides is 5. The van der Waals surface area contributed by atoms with Crippen LogP contribution in [-0.4, -0.2) is 80.7 Å². The quantitative estimate of drug-likeness (QED) is 0.527. The maximum absolute atomic E-state index is 12.8. The molecule has 0 aromatic heterocycles. The molecule has 1 aromatic rings. The Balaban J connectivity index is 1.34. The van der Waals surface area contributed by atoms with Crippen LogP contribution in [0, 0.1) is 0 Å². The minimum atomic E-state index is -0.309. The molecule has 0 atom stereocenters. The average Bonchev–Trinajstić information content (AvgIpc) is 3.21. The van der Waals surface area contributed by atoms with Crippen molar-refractivity contribution < 1.29 is 19.2 Å². The van der Waals surface area contributed by atoms with Crippen LogP contribution in [0.4, 0.5) is 10.5 Å². The molecule has 3 fully saturated rings. The van der Waals surface area contributed by atoms with Crippen molar-refractivity contribution in [3.63, 3.8) is 0 Å². The van der Waals surface area contributed by atoms with E-state index in [1.165, 1.54) is 21.6 Å². The molecule has 4 rings (SSSR count). The van der Waals surface area contributed by atoms with E-state index in [-0.39, 0.29) is 48.6 Å². The zero-order chi connectivity index (χ0) is 20.5. The van der Waals surface area contributed by atoms with Crippen LogP contribution in [0.3, 0.4) is 0 Å². The lowest BCUT2D eigenvalue weighted by Crippen LogP contribution is -2.50. The van der Waals surface area contributed by atoms with E-state index in [1.54, 1.807) is 34.1 Å². The molecule has 0 N–H and O–H groups in total. The number of hydrogen-bond donors (Lipinski definition) is 0. The third-order valence-corrected chi connectivity index (χ3v) is 6.83. The number of urea groups is 1. The summed E-state index contributed by atoms with van der Waals surface area (Å²) in [6, 6.07) is 8.49. The van der Waals surface area contributed by atoms with Crippen LogP contribution >= 0.6 is 24.0 Å². The van der Waals surface area contributed by atoms with Gasteiger partial charge in [0.2, 0.25) is 11.8 Å². The van der Waals surface area contributed by atoms with Crippen LogP contribution in [0.25, 0.3) is 0 Å².